The van der Waals surface area contributed by atoms with Gasteiger partial charge in [-0.15, -0.1) is 0 Å². The molecule has 0 aliphatic rings. The van der Waals surface area contributed by atoms with Crippen LogP contribution in [0.25, 0.3) is 11.0 Å². The molecule has 0 aromatic carbocycles. The van der Waals surface area contributed by atoms with Crippen molar-refractivity contribution in [2.24, 2.45) is 0 Å². The maximum atomic E-state index is 9.13. The number of hydrogen-bond acceptors (Lipinski definition) is 3. The van der Waals surface area contributed by atoms with Crippen molar-refractivity contribution < 1.29 is 5.11 Å². The van der Waals surface area contributed by atoms with Crippen LogP contribution in [0.5, 0.6) is 0 Å². The minimum absolute atomic E-state index is 0.239. The van der Waals surface area contributed by atoms with Crippen molar-refractivity contribution in [2.75, 3.05) is 6.54 Å². The fraction of sp³-hybridized carbons (Fsp3) is 0.417. The Morgan fingerprint density at radius 1 is 1.56 bits per heavy atom. The van der Waals surface area contributed by atoms with Gasteiger partial charge in [0.15, 0.2) is 0 Å². The van der Waals surface area contributed by atoms with E-state index in [0.29, 0.717) is 0 Å². The summed E-state index contributed by atoms with van der Waals surface area (Å²) in [6, 6.07) is 4.00. The Balaban J connectivity index is 1.94. The molecule has 2 aromatic rings. The molecule has 0 aliphatic carbocycles. The van der Waals surface area contributed by atoms with Gasteiger partial charge >= 0.3 is 0 Å². The van der Waals surface area contributed by atoms with Crippen LogP contribution in [0.15, 0.2) is 24.5 Å². The molecule has 0 saturated carbocycles. The lowest BCUT2D eigenvalue weighted by Gasteiger charge is -2.05. The molecule has 86 valence electrons. The number of fused-ring (bicyclic) bond motifs is 1. The fourth-order valence-corrected chi connectivity index (χ4v) is 1.69. The summed E-state index contributed by atoms with van der Waals surface area (Å²) < 4.78 is 0. The molecule has 1 unspecified atom stereocenters. The SMILES string of the molecule is CC(O)CCNCc1c[nH]c2ncccc12. The maximum absolute atomic E-state index is 9.13. The first-order valence-electron chi connectivity index (χ1n) is 5.57. The first-order chi connectivity index (χ1) is 7.77. The van der Waals surface area contributed by atoms with E-state index >= 15 is 0 Å². The second-order valence-electron chi connectivity index (χ2n) is 4.03. The van der Waals surface area contributed by atoms with Crippen molar-refractivity contribution in [3.05, 3.63) is 30.1 Å². The molecule has 16 heavy (non-hydrogen) atoms. The molecule has 0 radical (unpaired) electrons. The van der Waals surface area contributed by atoms with Crippen LogP contribution in [0.3, 0.4) is 0 Å². The highest BCUT2D eigenvalue weighted by atomic mass is 16.3. The highest BCUT2D eigenvalue weighted by Gasteiger charge is 2.03. The molecule has 0 aliphatic heterocycles. The number of aromatic amines is 1. The number of aromatic nitrogens is 2. The van der Waals surface area contributed by atoms with Crippen LogP contribution in [0.1, 0.15) is 18.9 Å². The van der Waals surface area contributed by atoms with E-state index in [-0.39, 0.29) is 6.10 Å². The Kier molecular flexibility index (Phi) is 3.54. The summed E-state index contributed by atoms with van der Waals surface area (Å²) in [5.74, 6) is 0. The van der Waals surface area contributed by atoms with Crippen LogP contribution in [-0.2, 0) is 6.54 Å². The van der Waals surface area contributed by atoms with E-state index in [2.05, 4.69) is 21.4 Å². The van der Waals surface area contributed by atoms with Gasteiger partial charge in [0.1, 0.15) is 5.65 Å². The molecular formula is C12H17N3O. The summed E-state index contributed by atoms with van der Waals surface area (Å²) in [6.45, 7) is 3.43. The van der Waals surface area contributed by atoms with Crippen LogP contribution < -0.4 is 5.32 Å². The first-order valence-corrected chi connectivity index (χ1v) is 5.57. The van der Waals surface area contributed by atoms with Gasteiger partial charge in [-0.1, -0.05) is 0 Å². The molecule has 2 aromatic heterocycles. The number of hydrogen-bond donors (Lipinski definition) is 3. The maximum Gasteiger partial charge on any atom is 0.137 e. The molecular weight excluding hydrogens is 202 g/mol. The first kappa shape index (κ1) is 11.1. The van der Waals surface area contributed by atoms with E-state index in [4.69, 9.17) is 5.11 Å². The molecule has 1 atom stereocenters. The fourth-order valence-electron chi connectivity index (χ4n) is 1.69. The average Bonchev–Trinajstić information content (AvgIpc) is 2.68. The zero-order valence-electron chi connectivity index (χ0n) is 9.40. The highest BCUT2D eigenvalue weighted by molar-refractivity contribution is 5.79. The molecule has 0 saturated heterocycles. The van der Waals surface area contributed by atoms with Gasteiger partial charge in [0.2, 0.25) is 0 Å². The standard InChI is InChI=1S/C12H17N3O/c1-9(16)4-6-13-7-10-8-15-12-11(10)3-2-5-14-12/h2-3,5,8-9,13,16H,4,6-7H2,1H3,(H,14,15). The van der Waals surface area contributed by atoms with E-state index in [1.165, 1.54) is 5.56 Å². The summed E-state index contributed by atoms with van der Waals surface area (Å²) in [7, 11) is 0. The van der Waals surface area contributed by atoms with Gasteiger partial charge < -0.3 is 15.4 Å². The lowest BCUT2D eigenvalue weighted by atomic mass is 10.2. The van der Waals surface area contributed by atoms with E-state index in [1.54, 1.807) is 13.1 Å². The van der Waals surface area contributed by atoms with Gasteiger partial charge in [-0.25, -0.2) is 4.98 Å². The Hall–Kier alpha value is -1.39. The lowest BCUT2D eigenvalue weighted by Crippen LogP contribution is -2.18. The largest absolute Gasteiger partial charge is 0.393 e. The van der Waals surface area contributed by atoms with Crippen LogP contribution in [0, 0.1) is 0 Å². The smallest absolute Gasteiger partial charge is 0.137 e. The number of aliphatic hydroxyl groups is 1. The summed E-state index contributed by atoms with van der Waals surface area (Å²) in [4.78, 5) is 7.37. The molecule has 3 N–H and O–H groups in total. The van der Waals surface area contributed by atoms with Gasteiger partial charge in [0.25, 0.3) is 0 Å². The topological polar surface area (TPSA) is 60.9 Å². The summed E-state index contributed by atoms with van der Waals surface area (Å²) >= 11 is 0. The second-order valence-corrected chi connectivity index (χ2v) is 4.03. The van der Waals surface area contributed by atoms with Gasteiger partial charge in [0, 0.05) is 24.3 Å². The summed E-state index contributed by atoms with van der Waals surface area (Å²) in [5, 5.41) is 13.6. The minimum atomic E-state index is -0.239. The molecule has 2 heterocycles. The quantitative estimate of drug-likeness (QED) is 0.666. The van der Waals surface area contributed by atoms with Gasteiger partial charge in [-0.2, -0.15) is 0 Å². The third-order valence-corrected chi connectivity index (χ3v) is 2.59. The van der Waals surface area contributed by atoms with Crippen molar-refractivity contribution in [2.45, 2.75) is 26.0 Å². The molecule has 2 rings (SSSR count). The number of nitrogens with zero attached hydrogens (tertiary/aromatic N) is 1. The van der Waals surface area contributed by atoms with Crippen LogP contribution in [0.2, 0.25) is 0 Å². The van der Waals surface area contributed by atoms with Crippen molar-refractivity contribution in [1.82, 2.24) is 15.3 Å². The van der Waals surface area contributed by atoms with Gasteiger partial charge in [0.05, 0.1) is 6.10 Å². The Morgan fingerprint density at radius 2 is 2.44 bits per heavy atom. The van der Waals surface area contributed by atoms with Crippen molar-refractivity contribution in [3.63, 3.8) is 0 Å². The number of aliphatic hydroxyl groups excluding tert-OH is 1. The van der Waals surface area contributed by atoms with Crippen molar-refractivity contribution in [1.29, 1.82) is 0 Å². The molecule has 0 fully saturated rings. The molecule has 4 nitrogen and oxygen atoms in total. The Bertz CT molecular complexity index is 450. The number of rotatable bonds is 5. The molecule has 0 bridgehead atoms. The number of nitrogens with one attached hydrogen (secondary N) is 2. The van der Waals surface area contributed by atoms with Crippen LogP contribution >= 0.6 is 0 Å². The minimum Gasteiger partial charge on any atom is -0.393 e. The van der Waals surface area contributed by atoms with Gasteiger partial charge in [-0.05, 0) is 37.6 Å². The van der Waals surface area contributed by atoms with E-state index in [9.17, 15) is 0 Å². The van der Waals surface area contributed by atoms with Crippen molar-refractivity contribution in [3.8, 4) is 0 Å². The third-order valence-electron chi connectivity index (χ3n) is 2.59. The van der Waals surface area contributed by atoms with E-state index in [1.807, 2.05) is 12.3 Å². The number of pyridine rings is 1. The zero-order chi connectivity index (χ0) is 11.4. The molecule has 0 amide bonds. The van der Waals surface area contributed by atoms with Gasteiger partial charge in [-0.3, -0.25) is 0 Å². The zero-order valence-corrected chi connectivity index (χ0v) is 9.40. The predicted molar refractivity (Wildman–Crippen MR) is 64.1 cm³/mol. The normalized spacial score (nSPS) is 13.1. The molecule has 4 heteroatoms. The third kappa shape index (κ3) is 2.59. The van der Waals surface area contributed by atoms with E-state index in [0.717, 1.165) is 30.5 Å². The number of H-pyrrole nitrogens is 1. The average molecular weight is 219 g/mol. The Morgan fingerprint density at radius 3 is 3.25 bits per heavy atom. The summed E-state index contributed by atoms with van der Waals surface area (Å²) in [5.41, 5.74) is 2.14. The van der Waals surface area contributed by atoms with Crippen LogP contribution in [-0.4, -0.2) is 27.7 Å². The highest BCUT2D eigenvalue weighted by Crippen LogP contribution is 2.14. The van der Waals surface area contributed by atoms with Crippen LogP contribution in [0.4, 0.5) is 0 Å². The Labute approximate surface area is 94.7 Å². The van der Waals surface area contributed by atoms with Crippen molar-refractivity contribution >= 4 is 11.0 Å². The predicted octanol–water partition coefficient (Wildman–Crippen LogP) is 1.42. The van der Waals surface area contributed by atoms with E-state index < -0.39 is 0 Å². The lowest BCUT2D eigenvalue weighted by molar-refractivity contribution is 0.183. The summed E-state index contributed by atoms with van der Waals surface area (Å²) in [6.07, 6.45) is 4.30. The second kappa shape index (κ2) is 5.09. The molecule has 0 spiro atoms. The monoisotopic (exact) mass is 219 g/mol.